The second-order valence-corrected chi connectivity index (χ2v) is 4.75. The summed E-state index contributed by atoms with van der Waals surface area (Å²) < 4.78 is 5.74. The Morgan fingerprint density at radius 1 is 1.29 bits per heavy atom. The van der Waals surface area contributed by atoms with Gasteiger partial charge in [-0.3, -0.25) is 4.98 Å². The van der Waals surface area contributed by atoms with Crippen molar-refractivity contribution in [1.82, 2.24) is 15.0 Å². The molecule has 0 aliphatic heterocycles. The van der Waals surface area contributed by atoms with Crippen LogP contribution in [0.4, 0.5) is 5.82 Å². The van der Waals surface area contributed by atoms with Crippen LogP contribution in [-0.4, -0.2) is 15.0 Å². The van der Waals surface area contributed by atoms with Crippen molar-refractivity contribution >= 4 is 34.6 Å². The minimum absolute atomic E-state index is 0.188. The highest BCUT2D eigenvalue weighted by atomic mass is 35.5. The molecule has 0 unspecified atom stereocenters. The zero-order valence-electron chi connectivity index (χ0n) is 11.4. The number of nitrogens with zero attached hydrogens (tertiary/aromatic N) is 3. The van der Waals surface area contributed by atoms with Gasteiger partial charge in [-0.25, -0.2) is 4.98 Å². The predicted molar refractivity (Wildman–Crippen MR) is 83.1 cm³/mol. The van der Waals surface area contributed by atoms with Crippen LogP contribution in [0.15, 0.2) is 41.1 Å². The number of nitrogens with one attached hydrogen (secondary N) is 1. The SMILES string of the molecule is C/C=C\c1cc2nc(Cl)nc(NCc3ccncc3)c2o1. The molecule has 0 radical (unpaired) electrons. The molecule has 3 heterocycles. The summed E-state index contributed by atoms with van der Waals surface area (Å²) in [5.41, 5.74) is 2.37. The number of hydrogen-bond donors (Lipinski definition) is 1. The molecule has 0 aliphatic rings. The van der Waals surface area contributed by atoms with Gasteiger partial charge in [0.1, 0.15) is 11.3 Å². The van der Waals surface area contributed by atoms with Crippen LogP contribution in [-0.2, 0) is 6.54 Å². The molecule has 0 aliphatic carbocycles. The maximum atomic E-state index is 5.96. The topological polar surface area (TPSA) is 63.8 Å². The molecule has 0 amide bonds. The number of fused-ring (bicyclic) bond motifs is 1. The molecule has 3 aromatic rings. The highest BCUT2D eigenvalue weighted by Gasteiger charge is 2.11. The molecule has 5 nitrogen and oxygen atoms in total. The second-order valence-electron chi connectivity index (χ2n) is 4.41. The van der Waals surface area contributed by atoms with Crippen molar-refractivity contribution in [3.63, 3.8) is 0 Å². The Kier molecular flexibility index (Phi) is 3.83. The fraction of sp³-hybridized carbons (Fsp3) is 0.133. The molecule has 0 saturated carbocycles. The molecule has 0 fully saturated rings. The number of allylic oxidation sites excluding steroid dienone is 1. The van der Waals surface area contributed by atoms with Gasteiger partial charge in [0.25, 0.3) is 0 Å². The van der Waals surface area contributed by atoms with Gasteiger partial charge >= 0.3 is 0 Å². The summed E-state index contributed by atoms with van der Waals surface area (Å²) in [6.45, 7) is 2.53. The van der Waals surface area contributed by atoms with Crippen LogP contribution in [0.1, 0.15) is 18.2 Å². The lowest BCUT2D eigenvalue weighted by atomic mass is 10.3. The Labute approximate surface area is 126 Å². The van der Waals surface area contributed by atoms with Crippen LogP contribution in [0, 0.1) is 0 Å². The number of furan rings is 1. The van der Waals surface area contributed by atoms with E-state index >= 15 is 0 Å². The first-order chi connectivity index (χ1) is 10.3. The molecule has 1 N–H and O–H groups in total. The average Bonchev–Trinajstić information content (AvgIpc) is 2.88. The smallest absolute Gasteiger partial charge is 0.225 e. The fourth-order valence-electron chi connectivity index (χ4n) is 1.97. The molecule has 106 valence electrons. The number of anilines is 1. The first kappa shape index (κ1) is 13.6. The third-order valence-electron chi connectivity index (χ3n) is 2.90. The lowest BCUT2D eigenvalue weighted by Gasteiger charge is -2.06. The van der Waals surface area contributed by atoms with Crippen LogP contribution in [0.3, 0.4) is 0 Å². The Balaban J connectivity index is 1.93. The van der Waals surface area contributed by atoms with Gasteiger partial charge in [-0.2, -0.15) is 4.98 Å². The van der Waals surface area contributed by atoms with Gasteiger partial charge in [-0.15, -0.1) is 0 Å². The molecule has 21 heavy (non-hydrogen) atoms. The van der Waals surface area contributed by atoms with Crippen LogP contribution in [0.2, 0.25) is 5.28 Å². The van der Waals surface area contributed by atoms with E-state index in [1.165, 1.54) is 0 Å². The van der Waals surface area contributed by atoms with E-state index in [1.807, 2.05) is 37.3 Å². The van der Waals surface area contributed by atoms with Gasteiger partial charge in [0.2, 0.25) is 5.28 Å². The van der Waals surface area contributed by atoms with Crippen LogP contribution in [0.5, 0.6) is 0 Å². The summed E-state index contributed by atoms with van der Waals surface area (Å²) in [6, 6.07) is 5.70. The average molecular weight is 301 g/mol. The van der Waals surface area contributed by atoms with Gasteiger partial charge in [0.05, 0.1) is 0 Å². The van der Waals surface area contributed by atoms with Gasteiger partial charge in [-0.1, -0.05) is 6.08 Å². The van der Waals surface area contributed by atoms with Crippen molar-refractivity contribution < 1.29 is 4.42 Å². The zero-order chi connectivity index (χ0) is 14.7. The van der Waals surface area contributed by atoms with Crippen molar-refractivity contribution in [2.24, 2.45) is 0 Å². The van der Waals surface area contributed by atoms with E-state index in [4.69, 9.17) is 16.0 Å². The Morgan fingerprint density at radius 2 is 2.10 bits per heavy atom. The molecule has 0 saturated heterocycles. The zero-order valence-corrected chi connectivity index (χ0v) is 12.1. The highest BCUT2D eigenvalue weighted by molar-refractivity contribution is 6.28. The van der Waals surface area contributed by atoms with Crippen molar-refractivity contribution in [1.29, 1.82) is 0 Å². The van der Waals surface area contributed by atoms with E-state index in [9.17, 15) is 0 Å². The van der Waals surface area contributed by atoms with Crippen molar-refractivity contribution in [3.05, 3.63) is 53.3 Å². The van der Waals surface area contributed by atoms with Crippen LogP contribution < -0.4 is 5.32 Å². The van der Waals surface area contributed by atoms with E-state index in [0.717, 1.165) is 11.3 Å². The summed E-state index contributed by atoms with van der Waals surface area (Å²) in [5, 5.41) is 3.41. The van der Waals surface area contributed by atoms with Gasteiger partial charge in [0.15, 0.2) is 11.4 Å². The van der Waals surface area contributed by atoms with E-state index in [2.05, 4.69) is 20.3 Å². The summed E-state index contributed by atoms with van der Waals surface area (Å²) in [4.78, 5) is 12.4. The summed E-state index contributed by atoms with van der Waals surface area (Å²) in [6.07, 6.45) is 7.26. The molecule has 0 aromatic carbocycles. The van der Waals surface area contributed by atoms with Gasteiger partial charge in [0, 0.05) is 25.0 Å². The van der Waals surface area contributed by atoms with E-state index in [0.29, 0.717) is 23.5 Å². The number of hydrogen-bond acceptors (Lipinski definition) is 5. The standard InChI is InChI=1S/C15H13ClN4O/c1-2-3-11-8-12-13(21-11)14(20-15(16)19-12)18-9-10-4-6-17-7-5-10/h2-8H,9H2,1H3,(H,18,19,20)/b3-2-. The maximum absolute atomic E-state index is 5.96. The molecule has 3 rings (SSSR count). The monoisotopic (exact) mass is 300 g/mol. The van der Waals surface area contributed by atoms with E-state index in [-0.39, 0.29) is 5.28 Å². The molecule has 3 aromatic heterocycles. The Bertz CT molecular complexity index is 783. The minimum atomic E-state index is 0.188. The summed E-state index contributed by atoms with van der Waals surface area (Å²) in [7, 11) is 0. The minimum Gasteiger partial charge on any atom is -0.451 e. The number of rotatable bonds is 4. The normalized spacial score (nSPS) is 11.3. The van der Waals surface area contributed by atoms with Crippen molar-refractivity contribution in [3.8, 4) is 0 Å². The molecule has 0 atom stereocenters. The summed E-state index contributed by atoms with van der Waals surface area (Å²) >= 11 is 5.96. The molecular formula is C15H13ClN4O. The van der Waals surface area contributed by atoms with Crippen molar-refractivity contribution in [2.45, 2.75) is 13.5 Å². The van der Waals surface area contributed by atoms with Gasteiger partial charge < -0.3 is 9.73 Å². The number of pyridine rings is 1. The maximum Gasteiger partial charge on any atom is 0.225 e. The largest absolute Gasteiger partial charge is 0.451 e. The molecule has 6 heteroatoms. The quantitative estimate of drug-likeness (QED) is 0.740. The number of aromatic nitrogens is 3. The van der Waals surface area contributed by atoms with Crippen molar-refractivity contribution in [2.75, 3.05) is 5.32 Å². The Morgan fingerprint density at radius 3 is 2.86 bits per heavy atom. The lowest BCUT2D eigenvalue weighted by molar-refractivity contribution is 0.603. The van der Waals surface area contributed by atoms with Crippen LogP contribution in [0.25, 0.3) is 17.2 Å². The Hall–Kier alpha value is -2.40. The highest BCUT2D eigenvalue weighted by Crippen LogP contribution is 2.26. The molecule has 0 spiro atoms. The predicted octanol–water partition coefficient (Wildman–Crippen LogP) is 3.92. The molecule has 0 bridgehead atoms. The van der Waals surface area contributed by atoms with Crippen LogP contribution >= 0.6 is 11.6 Å². The van der Waals surface area contributed by atoms with E-state index < -0.39 is 0 Å². The second kappa shape index (κ2) is 5.93. The van der Waals surface area contributed by atoms with E-state index in [1.54, 1.807) is 12.4 Å². The number of halogens is 1. The molecular weight excluding hydrogens is 288 g/mol. The lowest BCUT2D eigenvalue weighted by Crippen LogP contribution is -2.02. The fourth-order valence-corrected chi connectivity index (χ4v) is 2.15. The van der Waals surface area contributed by atoms with Gasteiger partial charge in [-0.05, 0) is 42.3 Å². The third kappa shape index (κ3) is 3.03. The summed E-state index contributed by atoms with van der Waals surface area (Å²) in [5.74, 6) is 1.30. The first-order valence-electron chi connectivity index (χ1n) is 6.49. The first-order valence-corrected chi connectivity index (χ1v) is 6.86. The third-order valence-corrected chi connectivity index (χ3v) is 3.07.